The fourth-order valence-electron chi connectivity index (χ4n) is 2.87. The van der Waals surface area contributed by atoms with Crippen molar-refractivity contribution in [2.45, 2.75) is 38.9 Å². The van der Waals surface area contributed by atoms with Crippen LogP contribution in [0.1, 0.15) is 25.8 Å². The van der Waals surface area contributed by atoms with Crippen molar-refractivity contribution in [1.82, 2.24) is 9.80 Å². The monoisotopic (exact) mass is 320 g/mol. The first-order valence-corrected chi connectivity index (χ1v) is 7.81. The van der Waals surface area contributed by atoms with Gasteiger partial charge < -0.3 is 14.7 Å². The van der Waals surface area contributed by atoms with Crippen molar-refractivity contribution in [3.8, 4) is 5.75 Å². The number of carboxylic acid groups (broad SMARTS) is 1. The summed E-state index contributed by atoms with van der Waals surface area (Å²) in [6.45, 7) is 5.50. The van der Waals surface area contributed by atoms with Gasteiger partial charge in [-0.25, -0.2) is 0 Å². The molecule has 1 N–H and O–H groups in total. The molecule has 2 rings (SSSR count). The first-order chi connectivity index (χ1) is 10.9. The topological polar surface area (TPSA) is 70.1 Å². The lowest BCUT2D eigenvalue weighted by Crippen LogP contribution is -2.41. The fourth-order valence-corrected chi connectivity index (χ4v) is 2.87. The smallest absolute Gasteiger partial charge is 0.321 e. The van der Waals surface area contributed by atoms with E-state index in [1.165, 1.54) is 0 Å². The van der Waals surface area contributed by atoms with E-state index in [-0.39, 0.29) is 18.4 Å². The van der Waals surface area contributed by atoms with E-state index in [0.29, 0.717) is 19.6 Å². The lowest BCUT2D eigenvalue weighted by atomic mass is 10.1. The predicted octanol–water partition coefficient (Wildman–Crippen LogP) is 1.59. The Hall–Kier alpha value is -2.08. The second-order valence-corrected chi connectivity index (χ2v) is 6.06. The van der Waals surface area contributed by atoms with Crippen LogP contribution in [0.2, 0.25) is 0 Å². The highest BCUT2D eigenvalue weighted by Crippen LogP contribution is 2.19. The normalized spacial score (nSPS) is 19.7. The van der Waals surface area contributed by atoms with Gasteiger partial charge in [0.1, 0.15) is 11.8 Å². The second-order valence-electron chi connectivity index (χ2n) is 6.06. The third kappa shape index (κ3) is 4.22. The van der Waals surface area contributed by atoms with E-state index >= 15 is 0 Å². The molecule has 0 aliphatic carbocycles. The summed E-state index contributed by atoms with van der Waals surface area (Å²) < 4.78 is 5.13. The van der Waals surface area contributed by atoms with Crippen LogP contribution in [0.5, 0.6) is 5.75 Å². The van der Waals surface area contributed by atoms with Gasteiger partial charge in [-0.05, 0) is 31.5 Å². The van der Waals surface area contributed by atoms with Crippen molar-refractivity contribution < 1.29 is 19.4 Å². The summed E-state index contributed by atoms with van der Waals surface area (Å²) in [5, 5.41) is 9.50. The van der Waals surface area contributed by atoms with Crippen molar-refractivity contribution >= 4 is 11.9 Å². The molecule has 0 saturated carbocycles. The van der Waals surface area contributed by atoms with Gasteiger partial charge in [0.25, 0.3) is 0 Å². The maximum Gasteiger partial charge on any atom is 0.321 e. The molecular weight excluding hydrogens is 296 g/mol. The van der Waals surface area contributed by atoms with Crippen LogP contribution in [-0.4, -0.2) is 59.1 Å². The number of hydrogen-bond donors (Lipinski definition) is 1. The molecule has 1 aromatic rings. The molecule has 1 aromatic carbocycles. The van der Waals surface area contributed by atoms with Crippen LogP contribution in [-0.2, 0) is 16.1 Å². The summed E-state index contributed by atoms with van der Waals surface area (Å²) >= 11 is 0. The number of nitrogens with zero attached hydrogens (tertiary/aromatic N) is 2. The minimum absolute atomic E-state index is 0.0175. The minimum Gasteiger partial charge on any atom is -0.497 e. The standard InChI is InChI=1S/C17H24N2O4/c1-12(2)19-9-8-18(15(17(21)22)10-16(19)20)11-13-4-6-14(23-3)7-5-13/h4-7,12,15H,8-11H2,1-3H3,(H,21,22). The summed E-state index contributed by atoms with van der Waals surface area (Å²) in [4.78, 5) is 27.5. The van der Waals surface area contributed by atoms with Crippen LogP contribution in [0, 0.1) is 0 Å². The molecule has 1 heterocycles. The summed E-state index contributed by atoms with van der Waals surface area (Å²) in [7, 11) is 1.61. The van der Waals surface area contributed by atoms with Crippen molar-refractivity contribution in [3.05, 3.63) is 29.8 Å². The molecule has 0 spiro atoms. The van der Waals surface area contributed by atoms with Gasteiger partial charge in [0, 0.05) is 25.7 Å². The molecule has 0 bridgehead atoms. The number of aliphatic carboxylic acids is 1. The Morgan fingerprint density at radius 3 is 2.48 bits per heavy atom. The van der Waals surface area contributed by atoms with Crippen molar-refractivity contribution in [3.63, 3.8) is 0 Å². The Morgan fingerprint density at radius 2 is 1.96 bits per heavy atom. The number of rotatable bonds is 5. The molecule has 1 atom stereocenters. The Kier molecular flexibility index (Phi) is 5.60. The fraction of sp³-hybridized carbons (Fsp3) is 0.529. The molecular formula is C17H24N2O4. The molecule has 1 fully saturated rings. The Morgan fingerprint density at radius 1 is 1.30 bits per heavy atom. The van der Waals surface area contributed by atoms with Crippen molar-refractivity contribution in [1.29, 1.82) is 0 Å². The number of ether oxygens (including phenoxy) is 1. The number of methoxy groups -OCH3 is 1. The van der Waals surface area contributed by atoms with Gasteiger partial charge in [0.2, 0.25) is 5.91 Å². The summed E-state index contributed by atoms with van der Waals surface area (Å²) in [5.74, 6) is -0.275. The van der Waals surface area contributed by atoms with Crippen LogP contribution in [0.3, 0.4) is 0 Å². The third-order valence-corrected chi connectivity index (χ3v) is 4.21. The average molecular weight is 320 g/mol. The molecule has 6 nitrogen and oxygen atoms in total. The molecule has 6 heteroatoms. The van der Waals surface area contributed by atoms with Gasteiger partial charge in [-0.1, -0.05) is 12.1 Å². The van der Waals surface area contributed by atoms with Crippen LogP contribution in [0.15, 0.2) is 24.3 Å². The van der Waals surface area contributed by atoms with E-state index < -0.39 is 12.0 Å². The number of hydrogen-bond acceptors (Lipinski definition) is 4. The summed E-state index contributed by atoms with van der Waals surface area (Å²) in [6.07, 6.45) is 0.0175. The number of benzene rings is 1. The average Bonchev–Trinajstić information content (AvgIpc) is 2.67. The molecule has 126 valence electrons. The van der Waals surface area contributed by atoms with Gasteiger partial charge in [-0.2, -0.15) is 0 Å². The van der Waals surface area contributed by atoms with Gasteiger partial charge >= 0.3 is 5.97 Å². The van der Waals surface area contributed by atoms with Crippen LogP contribution in [0.25, 0.3) is 0 Å². The van der Waals surface area contributed by atoms with E-state index in [4.69, 9.17) is 4.74 Å². The number of carbonyl (C=O) groups excluding carboxylic acids is 1. The number of carbonyl (C=O) groups is 2. The molecule has 1 aliphatic rings. The Bertz CT molecular complexity index is 556. The Labute approximate surface area is 136 Å². The zero-order valence-corrected chi connectivity index (χ0v) is 13.9. The molecule has 0 aromatic heterocycles. The third-order valence-electron chi connectivity index (χ3n) is 4.21. The lowest BCUT2D eigenvalue weighted by molar-refractivity contribution is -0.146. The number of carboxylic acids is 1. The van der Waals surface area contributed by atoms with E-state index in [0.717, 1.165) is 11.3 Å². The zero-order valence-electron chi connectivity index (χ0n) is 13.9. The molecule has 0 radical (unpaired) electrons. The zero-order chi connectivity index (χ0) is 17.0. The SMILES string of the molecule is COc1ccc(CN2CCN(C(C)C)C(=O)CC2C(=O)O)cc1. The highest BCUT2D eigenvalue weighted by molar-refractivity contribution is 5.85. The second kappa shape index (κ2) is 7.46. The van der Waals surface area contributed by atoms with Gasteiger partial charge in [-0.15, -0.1) is 0 Å². The molecule has 1 unspecified atom stereocenters. The molecule has 23 heavy (non-hydrogen) atoms. The largest absolute Gasteiger partial charge is 0.497 e. The van der Waals surface area contributed by atoms with Gasteiger partial charge in [-0.3, -0.25) is 14.5 Å². The highest BCUT2D eigenvalue weighted by Gasteiger charge is 2.34. The number of amides is 1. The van der Waals surface area contributed by atoms with Crippen LogP contribution < -0.4 is 4.74 Å². The first kappa shape index (κ1) is 17.3. The molecule has 1 aliphatic heterocycles. The highest BCUT2D eigenvalue weighted by atomic mass is 16.5. The van der Waals surface area contributed by atoms with Crippen molar-refractivity contribution in [2.75, 3.05) is 20.2 Å². The van der Waals surface area contributed by atoms with Crippen LogP contribution >= 0.6 is 0 Å². The summed E-state index contributed by atoms with van der Waals surface area (Å²) in [6, 6.07) is 6.85. The van der Waals surface area contributed by atoms with Crippen molar-refractivity contribution in [2.24, 2.45) is 0 Å². The predicted molar refractivity (Wildman–Crippen MR) is 86.3 cm³/mol. The van der Waals surface area contributed by atoms with Gasteiger partial charge in [0.05, 0.1) is 13.5 Å². The summed E-state index contributed by atoms with van der Waals surface area (Å²) in [5.41, 5.74) is 1.00. The van der Waals surface area contributed by atoms with Crippen LogP contribution in [0.4, 0.5) is 0 Å². The van der Waals surface area contributed by atoms with E-state index in [2.05, 4.69) is 0 Å². The molecule has 1 saturated heterocycles. The maximum absolute atomic E-state index is 12.3. The van der Waals surface area contributed by atoms with E-state index in [1.807, 2.05) is 43.0 Å². The Balaban J connectivity index is 2.16. The first-order valence-electron chi connectivity index (χ1n) is 7.81. The van der Waals surface area contributed by atoms with E-state index in [1.54, 1.807) is 12.0 Å². The van der Waals surface area contributed by atoms with Gasteiger partial charge in [0.15, 0.2) is 0 Å². The minimum atomic E-state index is -0.947. The maximum atomic E-state index is 12.3. The quantitative estimate of drug-likeness (QED) is 0.892. The molecule has 1 amide bonds. The lowest BCUT2D eigenvalue weighted by Gasteiger charge is -2.26. The van der Waals surface area contributed by atoms with E-state index in [9.17, 15) is 14.7 Å².